The number of esters is 1. The number of halogens is 1. The highest BCUT2D eigenvalue weighted by molar-refractivity contribution is 5.98. The topological polar surface area (TPSA) is 52.6 Å². The number of hydrogen-bond acceptors (Lipinski definition) is 4. The molecule has 0 radical (unpaired) electrons. The van der Waals surface area contributed by atoms with Gasteiger partial charge in [0.25, 0.3) is 0 Å². The Morgan fingerprint density at radius 3 is 2.14 bits per heavy atom. The molecule has 3 rings (SSSR count). The van der Waals surface area contributed by atoms with Crippen molar-refractivity contribution in [3.05, 3.63) is 83.7 Å². The summed E-state index contributed by atoms with van der Waals surface area (Å²) in [5, 5.41) is 0. The van der Waals surface area contributed by atoms with Crippen LogP contribution < -0.4 is 0 Å². The van der Waals surface area contributed by atoms with E-state index in [-0.39, 0.29) is 11.1 Å². The van der Waals surface area contributed by atoms with E-state index in [1.54, 1.807) is 25.1 Å². The monoisotopic (exact) mass is 490 g/mol. The molecule has 0 N–H and O–H groups in total. The highest BCUT2D eigenvalue weighted by Crippen LogP contribution is 2.36. The average molecular weight is 491 g/mol. The average Bonchev–Trinajstić information content (AvgIpc) is 2.88. The van der Waals surface area contributed by atoms with Gasteiger partial charge in [-0.15, -0.1) is 0 Å². The van der Waals surface area contributed by atoms with Crippen molar-refractivity contribution in [1.82, 2.24) is 0 Å². The first-order chi connectivity index (χ1) is 17.4. The van der Waals surface area contributed by atoms with Crippen molar-refractivity contribution in [1.29, 1.82) is 0 Å². The second-order valence-electron chi connectivity index (χ2n) is 9.15. The quantitative estimate of drug-likeness (QED) is 0.211. The van der Waals surface area contributed by atoms with Crippen molar-refractivity contribution >= 4 is 12.1 Å². The van der Waals surface area contributed by atoms with Crippen LogP contribution in [0.3, 0.4) is 0 Å². The van der Waals surface area contributed by atoms with E-state index in [2.05, 4.69) is 20.8 Å². The molecule has 0 saturated carbocycles. The second-order valence-corrected chi connectivity index (χ2v) is 9.15. The maximum absolute atomic E-state index is 15.9. The van der Waals surface area contributed by atoms with Crippen molar-refractivity contribution in [2.75, 3.05) is 0 Å². The van der Waals surface area contributed by atoms with Crippen molar-refractivity contribution in [3.8, 4) is 22.3 Å². The number of carbonyl (C=O) groups excluding carboxylic acids is 2. The number of aryl methyl sites for hydroxylation is 1. The third-order valence-electron chi connectivity index (χ3n) is 6.52. The van der Waals surface area contributed by atoms with Gasteiger partial charge in [0.15, 0.2) is 0 Å². The normalized spacial score (nSPS) is 11.8. The van der Waals surface area contributed by atoms with Gasteiger partial charge in [0.05, 0.1) is 5.56 Å². The summed E-state index contributed by atoms with van der Waals surface area (Å²) in [6.07, 6.45) is 3.11. The summed E-state index contributed by atoms with van der Waals surface area (Å²) in [6, 6.07) is 20.1. The standard InChI is InChI=1S/C31H35FO4/c1-5-11-23-14-16-24(17-15-23)26-18-19-27(29(32)28(26)25-12-9-8-10-13-25)30(33)36-31(34)35-21(4)20-22(6-2)7-3/h8-10,12-19,21-22H,5-7,11,20H2,1-4H3/t21-/m1/s1. The van der Waals surface area contributed by atoms with E-state index >= 15 is 4.39 Å². The number of rotatable bonds is 10. The molecule has 3 aromatic carbocycles. The van der Waals surface area contributed by atoms with Gasteiger partial charge in [-0.05, 0) is 54.0 Å². The molecule has 0 aliphatic carbocycles. The van der Waals surface area contributed by atoms with Crippen LogP contribution in [0.1, 0.15) is 69.3 Å². The van der Waals surface area contributed by atoms with Crippen LogP contribution in [-0.4, -0.2) is 18.2 Å². The number of benzene rings is 3. The molecule has 0 unspecified atom stereocenters. The lowest BCUT2D eigenvalue weighted by molar-refractivity contribution is 0.0198. The van der Waals surface area contributed by atoms with Crippen LogP contribution in [0.5, 0.6) is 0 Å². The second kappa shape index (κ2) is 13.0. The molecule has 0 amide bonds. The van der Waals surface area contributed by atoms with Gasteiger partial charge >= 0.3 is 12.1 Å². The van der Waals surface area contributed by atoms with Gasteiger partial charge in [-0.2, -0.15) is 0 Å². The van der Waals surface area contributed by atoms with Crippen molar-refractivity contribution in [2.24, 2.45) is 5.92 Å². The van der Waals surface area contributed by atoms with E-state index in [0.717, 1.165) is 31.2 Å². The van der Waals surface area contributed by atoms with Crippen molar-refractivity contribution in [2.45, 2.75) is 65.9 Å². The highest BCUT2D eigenvalue weighted by Gasteiger charge is 2.25. The fourth-order valence-corrected chi connectivity index (χ4v) is 4.46. The molecular formula is C31H35FO4. The Kier molecular flexibility index (Phi) is 9.80. The zero-order valence-electron chi connectivity index (χ0n) is 21.6. The Bertz CT molecular complexity index is 1150. The smallest absolute Gasteiger partial charge is 0.431 e. The SMILES string of the molecule is CCCc1ccc(-c2ccc(C(=O)OC(=O)O[C@H](C)CC(CC)CC)c(F)c2-c2ccccc2)cc1. The fourth-order valence-electron chi connectivity index (χ4n) is 4.46. The molecule has 1 atom stereocenters. The molecule has 0 aliphatic rings. The van der Waals surface area contributed by atoms with Crippen molar-refractivity contribution < 1.29 is 23.5 Å². The summed E-state index contributed by atoms with van der Waals surface area (Å²) in [6.45, 7) is 8.05. The summed E-state index contributed by atoms with van der Waals surface area (Å²) in [5.41, 5.74) is 3.29. The van der Waals surface area contributed by atoms with Gasteiger partial charge in [-0.25, -0.2) is 14.0 Å². The van der Waals surface area contributed by atoms with Gasteiger partial charge in [0, 0.05) is 5.56 Å². The molecule has 3 aromatic rings. The van der Waals surface area contributed by atoms with E-state index < -0.39 is 24.0 Å². The molecule has 0 aliphatic heterocycles. The van der Waals surface area contributed by atoms with Gasteiger partial charge in [-0.1, -0.05) is 101 Å². The molecule has 4 nitrogen and oxygen atoms in total. The first-order valence-electron chi connectivity index (χ1n) is 12.8. The van der Waals surface area contributed by atoms with Gasteiger partial charge in [0.2, 0.25) is 0 Å². The van der Waals surface area contributed by atoms with Gasteiger partial charge in [0.1, 0.15) is 11.9 Å². The van der Waals surface area contributed by atoms with Crippen LogP contribution in [0.25, 0.3) is 22.3 Å². The van der Waals surface area contributed by atoms with Crippen LogP contribution in [0.15, 0.2) is 66.7 Å². The lowest BCUT2D eigenvalue weighted by Gasteiger charge is -2.18. The Labute approximate surface area is 213 Å². The molecule has 0 bridgehead atoms. The van der Waals surface area contributed by atoms with Gasteiger partial charge < -0.3 is 9.47 Å². The zero-order valence-corrected chi connectivity index (χ0v) is 21.6. The Hall–Kier alpha value is -3.47. The summed E-state index contributed by atoms with van der Waals surface area (Å²) >= 11 is 0. The summed E-state index contributed by atoms with van der Waals surface area (Å²) in [4.78, 5) is 25.0. The molecule has 190 valence electrons. The minimum absolute atomic E-state index is 0.281. The van der Waals surface area contributed by atoms with Crippen LogP contribution in [0, 0.1) is 11.7 Å². The maximum Gasteiger partial charge on any atom is 0.516 e. The minimum atomic E-state index is -1.12. The summed E-state index contributed by atoms with van der Waals surface area (Å²) in [7, 11) is 0. The predicted molar refractivity (Wildman–Crippen MR) is 141 cm³/mol. The molecule has 0 heterocycles. The van der Waals surface area contributed by atoms with E-state index in [0.29, 0.717) is 23.5 Å². The molecular weight excluding hydrogens is 455 g/mol. The number of hydrogen-bond donors (Lipinski definition) is 0. The Morgan fingerprint density at radius 1 is 0.861 bits per heavy atom. The molecule has 36 heavy (non-hydrogen) atoms. The molecule has 0 aromatic heterocycles. The first-order valence-corrected chi connectivity index (χ1v) is 12.8. The minimum Gasteiger partial charge on any atom is -0.431 e. The third-order valence-corrected chi connectivity index (χ3v) is 6.52. The Morgan fingerprint density at radius 2 is 1.53 bits per heavy atom. The first kappa shape index (κ1) is 27.1. The Balaban J connectivity index is 1.89. The molecule has 0 spiro atoms. The molecule has 5 heteroatoms. The predicted octanol–water partition coefficient (Wildman–Crippen LogP) is 8.62. The summed E-state index contributed by atoms with van der Waals surface area (Å²) < 4.78 is 26.0. The van der Waals surface area contributed by atoms with E-state index in [9.17, 15) is 9.59 Å². The molecule has 0 fully saturated rings. The van der Waals surface area contributed by atoms with Crippen LogP contribution in [0.4, 0.5) is 9.18 Å². The lowest BCUT2D eigenvalue weighted by Crippen LogP contribution is -2.22. The van der Waals surface area contributed by atoms with E-state index in [1.165, 1.54) is 11.6 Å². The maximum atomic E-state index is 15.9. The zero-order chi connectivity index (χ0) is 26.1. The fraction of sp³-hybridized carbons (Fsp3) is 0.355. The number of ether oxygens (including phenoxy) is 2. The lowest BCUT2D eigenvalue weighted by atomic mass is 9.91. The number of carbonyl (C=O) groups is 2. The largest absolute Gasteiger partial charge is 0.516 e. The third kappa shape index (κ3) is 6.81. The highest BCUT2D eigenvalue weighted by atomic mass is 19.1. The van der Waals surface area contributed by atoms with Gasteiger partial charge in [-0.3, -0.25) is 0 Å². The molecule has 0 saturated heterocycles. The summed E-state index contributed by atoms with van der Waals surface area (Å²) in [5.74, 6) is -1.40. The van der Waals surface area contributed by atoms with Crippen molar-refractivity contribution in [3.63, 3.8) is 0 Å². The van der Waals surface area contributed by atoms with E-state index in [1.807, 2.05) is 42.5 Å². The van der Waals surface area contributed by atoms with Crippen LogP contribution >= 0.6 is 0 Å². The van der Waals surface area contributed by atoms with Crippen LogP contribution in [-0.2, 0) is 15.9 Å². The van der Waals surface area contributed by atoms with Crippen LogP contribution in [0.2, 0.25) is 0 Å². The van der Waals surface area contributed by atoms with E-state index in [4.69, 9.17) is 9.47 Å².